The van der Waals surface area contributed by atoms with Gasteiger partial charge in [0.25, 0.3) is 5.56 Å². The van der Waals surface area contributed by atoms with E-state index in [-0.39, 0.29) is 5.56 Å². The summed E-state index contributed by atoms with van der Waals surface area (Å²) in [6.45, 7) is 3.99. The van der Waals surface area contributed by atoms with Gasteiger partial charge in [-0.3, -0.25) is 9.36 Å². The van der Waals surface area contributed by atoms with Gasteiger partial charge in [0, 0.05) is 26.9 Å². The van der Waals surface area contributed by atoms with E-state index in [1.54, 1.807) is 0 Å². The topological polar surface area (TPSA) is 22.0 Å². The number of pyridine rings is 1. The van der Waals surface area contributed by atoms with Gasteiger partial charge >= 0.3 is 0 Å². The molecule has 2 nitrogen and oxygen atoms in total. The summed E-state index contributed by atoms with van der Waals surface area (Å²) in [6, 6.07) is 20.6. The van der Waals surface area contributed by atoms with Crippen LogP contribution < -0.4 is 5.56 Å². The number of rotatable bonds is 1. The maximum Gasteiger partial charge on any atom is 0.258 e. The van der Waals surface area contributed by atoms with E-state index in [4.69, 9.17) is 0 Å². The molecule has 0 atom stereocenters. The Kier molecular flexibility index (Phi) is 3.25. The Morgan fingerprint density at radius 3 is 2.15 bits per heavy atom. The van der Waals surface area contributed by atoms with E-state index in [0.717, 1.165) is 27.0 Å². The third-order valence-corrected chi connectivity index (χ3v) is 6.05. The van der Waals surface area contributed by atoms with Gasteiger partial charge in [-0.25, -0.2) is 0 Å². The second kappa shape index (κ2) is 5.42. The van der Waals surface area contributed by atoms with E-state index in [0.29, 0.717) is 0 Å². The van der Waals surface area contributed by atoms with E-state index in [2.05, 4.69) is 52.3 Å². The molecule has 1 heterocycles. The van der Waals surface area contributed by atoms with Gasteiger partial charge in [0.1, 0.15) is 0 Å². The van der Waals surface area contributed by atoms with Crippen molar-refractivity contribution < 1.29 is 0 Å². The first-order valence-corrected chi connectivity index (χ1v) is 9.42. The van der Waals surface area contributed by atoms with Gasteiger partial charge in [-0.1, -0.05) is 48.5 Å². The molecule has 0 fully saturated rings. The Morgan fingerprint density at radius 2 is 1.46 bits per heavy atom. The van der Waals surface area contributed by atoms with Crippen LogP contribution in [0.15, 0.2) is 69.9 Å². The van der Waals surface area contributed by atoms with Crippen molar-refractivity contribution in [3.05, 3.63) is 86.7 Å². The van der Waals surface area contributed by atoms with Gasteiger partial charge in [0.2, 0.25) is 0 Å². The van der Waals surface area contributed by atoms with Gasteiger partial charge in [-0.15, -0.1) is 0 Å². The lowest BCUT2D eigenvalue weighted by Gasteiger charge is -2.18. The van der Waals surface area contributed by atoms with Crippen molar-refractivity contribution in [1.29, 1.82) is 0 Å². The van der Waals surface area contributed by atoms with E-state index in [9.17, 15) is 4.79 Å². The third kappa shape index (κ3) is 1.89. The highest BCUT2D eigenvalue weighted by Gasteiger charge is 2.28. The minimum atomic E-state index is 0.0398. The molecule has 0 spiro atoms. The Balaban J connectivity index is 1.98. The molecule has 0 N–H and O–H groups in total. The summed E-state index contributed by atoms with van der Waals surface area (Å²) < 4.78 is 2.75. The Bertz CT molecular complexity index is 1280. The van der Waals surface area contributed by atoms with Gasteiger partial charge in [0.15, 0.2) is 0 Å². The molecule has 26 heavy (non-hydrogen) atoms. The van der Waals surface area contributed by atoms with Gasteiger partial charge in [-0.2, -0.15) is 0 Å². The molecule has 1 aromatic heterocycles. The molecule has 0 aliphatic heterocycles. The lowest BCUT2D eigenvalue weighted by molar-refractivity contribution is 0.921. The lowest BCUT2D eigenvalue weighted by Crippen LogP contribution is -2.24. The second-order valence-electron chi connectivity index (χ2n) is 6.76. The minimum absolute atomic E-state index is 0.0398. The van der Waals surface area contributed by atoms with E-state index in [1.165, 1.54) is 27.5 Å². The highest BCUT2D eigenvalue weighted by Crippen LogP contribution is 2.49. The van der Waals surface area contributed by atoms with Crippen LogP contribution in [0, 0.1) is 13.8 Å². The predicted octanol–water partition coefficient (Wildman–Crippen LogP) is 6.02. The maximum absolute atomic E-state index is 13.3. The Morgan fingerprint density at radius 1 is 0.808 bits per heavy atom. The van der Waals surface area contributed by atoms with Crippen LogP contribution >= 0.6 is 15.9 Å². The van der Waals surface area contributed by atoms with Crippen LogP contribution in [0.2, 0.25) is 0 Å². The normalized spacial score (nSPS) is 11.8. The third-order valence-electron chi connectivity index (χ3n) is 5.38. The molecule has 0 saturated heterocycles. The van der Waals surface area contributed by atoms with Crippen molar-refractivity contribution in [3.63, 3.8) is 0 Å². The van der Waals surface area contributed by atoms with Crippen LogP contribution in [0.25, 0.3) is 38.7 Å². The van der Waals surface area contributed by atoms with Crippen LogP contribution in [0.1, 0.15) is 11.3 Å². The molecule has 0 saturated carbocycles. The van der Waals surface area contributed by atoms with Crippen molar-refractivity contribution in [2.45, 2.75) is 13.8 Å². The molecule has 126 valence electrons. The Labute approximate surface area is 159 Å². The number of aromatic nitrogens is 1. The van der Waals surface area contributed by atoms with Crippen molar-refractivity contribution in [2.24, 2.45) is 0 Å². The van der Waals surface area contributed by atoms with Crippen LogP contribution in [-0.2, 0) is 0 Å². The summed E-state index contributed by atoms with van der Waals surface area (Å²) in [5.41, 5.74) is 7.34. The summed E-state index contributed by atoms with van der Waals surface area (Å²) in [4.78, 5) is 13.3. The average molecular weight is 402 g/mol. The minimum Gasteiger partial charge on any atom is -0.280 e. The number of halogens is 1. The molecule has 1 aliphatic carbocycles. The number of hydrogen-bond donors (Lipinski definition) is 0. The summed E-state index contributed by atoms with van der Waals surface area (Å²) in [5.74, 6) is 0. The van der Waals surface area contributed by atoms with Crippen molar-refractivity contribution in [1.82, 2.24) is 4.57 Å². The maximum atomic E-state index is 13.3. The first kappa shape index (κ1) is 15.6. The zero-order valence-electron chi connectivity index (χ0n) is 14.5. The van der Waals surface area contributed by atoms with Crippen molar-refractivity contribution in [2.75, 3.05) is 0 Å². The first-order valence-electron chi connectivity index (χ1n) is 8.63. The highest BCUT2D eigenvalue weighted by atomic mass is 79.9. The van der Waals surface area contributed by atoms with Gasteiger partial charge in [0.05, 0.1) is 5.69 Å². The molecule has 1 aliphatic rings. The number of benzene rings is 3. The monoisotopic (exact) mass is 401 g/mol. The number of hydrogen-bond acceptors (Lipinski definition) is 1. The molecule has 0 radical (unpaired) electrons. The van der Waals surface area contributed by atoms with Crippen LogP contribution in [0.3, 0.4) is 0 Å². The summed E-state index contributed by atoms with van der Waals surface area (Å²) in [5, 5.41) is 2.47. The fraction of sp³-hybridized carbons (Fsp3) is 0.0870. The SMILES string of the molecule is Cc1c2c(c(C)n(-c3ccccc3Br)c1=O)-c1cccc3cccc-2c13. The molecule has 0 unspecified atom stereocenters. The molecular weight excluding hydrogens is 386 g/mol. The van der Waals surface area contributed by atoms with E-state index >= 15 is 0 Å². The second-order valence-corrected chi connectivity index (χ2v) is 7.62. The van der Waals surface area contributed by atoms with Gasteiger partial charge in [-0.05, 0) is 63.8 Å². The fourth-order valence-electron chi connectivity index (χ4n) is 4.25. The quantitative estimate of drug-likeness (QED) is 0.336. The Hall–Kier alpha value is -2.65. The van der Waals surface area contributed by atoms with E-state index < -0.39 is 0 Å². The number of para-hydroxylation sites is 1. The number of nitrogens with zero attached hydrogens (tertiary/aromatic N) is 1. The molecule has 5 rings (SSSR count). The summed E-state index contributed by atoms with van der Waals surface area (Å²) >= 11 is 3.60. The fourth-order valence-corrected chi connectivity index (χ4v) is 4.72. The zero-order valence-corrected chi connectivity index (χ0v) is 16.1. The van der Waals surface area contributed by atoms with Crippen LogP contribution in [-0.4, -0.2) is 4.57 Å². The number of fused-ring (bicyclic) bond motifs is 3. The highest BCUT2D eigenvalue weighted by molar-refractivity contribution is 9.10. The lowest BCUT2D eigenvalue weighted by atomic mass is 9.98. The first-order chi connectivity index (χ1) is 12.6. The summed E-state index contributed by atoms with van der Waals surface area (Å²) in [6.07, 6.45) is 0. The molecule has 4 aromatic rings. The van der Waals surface area contributed by atoms with Gasteiger partial charge < -0.3 is 0 Å². The molecule has 3 heteroatoms. The van der Waals surface area contributed by atoms with Crippen molar-refractivity contribution >= 4 is 26.7 Å². The zero-order chi connectivity index (χ0) is 18.0. The molecule has 0 bridgehead atoms. The van der Waals surface area contributed by atoms with Crippen LogP contribution in [0.5, 0.6) is 0 Å². The molecular formula is C23H16BrNO. The average Bonchev–Trinajstić information content (AvgIpc) is 2.99. The molecule has 0 amide bonds. The standard InChI is InChI=1S/C23H16BrNO/c1-13-20-16-9-5-7-15-8-6-10-17(22(15)16)21(20)14(2)25(23(13)26)19-12-4-3-11-18(19)24/h3-12H,1-2H3. The predicted molar refractivity (Wildman–Crippen MR) is 111 cm³/mol. The van der Waals surface area contributed by atoms with Crippen molar-refractivity contribution in [3.8, 4) is 27.9 Å². The van der Waals surface area contributed by atoms with Crippen LogP contribution in [0.4, 0.5) is 0 Å². The largest absolute Gasteiger partial charge is 0.280 e. The smallest absolute Gasteiger partial charge is 0.258 e. The summed E-state index contributed by atoms with van der Waals surface area (Å²) in [7, 11) is 0. The molecule has 3 aromatic carbocycles. The van der Waals surface area contributed by atoms with E-state index in [1.807, 2.05) is 42.7 Å².